The molecule has 1 aliphatic heterocycles. The van der Waals surface area contributed by atoms with Crippen molar-refractivity contribution in [1.29, 1.82) is 0 Å². The zero-order valence-electron chi connectivity index (χ0n) is 24.6. The number of nitrogens with zero attached hydrogens (tertiary/aromatic N) is 5. The van der Waals surface area contributed by atoms with Gasteiger partial charge >= 0.3 is 18.2 Å². The molecule has 1 fully saturated rings. The Balaban J connectivity index is 2.44. The molecule has 0 radical (unpaired) electrons. The second kappa shape index (κ2) is 14.2. The van der Waals surface area contributed by atoms with Crippen LogP contribution in [0.1, 0.15) is 53.5 Å². The van der Waals surface area contributed by atoms with E-state index in [0.717, 1.165) is 10.8 Å². The lowest BCUT2D eigenvalue weighted by molar-refractivity contribution is 0.0314. The van der Waals surface area contributed by atoms with Crippen LogP contribution in [0.4, 0.5) is 18.8 Å². The van der Waals surface area contributed by atoms with E-state index in [1.807, 2.05) is 0 Å². The summed E-state index contributed by atoms with van der Waals surface area (Å²) in [4.78, 5) is 48.5. The van der Waals surface area contributed by atoms with Gasteiger partial charge in [-0.1, -0.05) is 28.7 Å². The van der Waals surface area contributed by atoms with Crippen LogP contribution >= 0.6 is 22.6 Å². The fourth-order valence-electron chi connectivity index (χ4n) is 3.65. The fraction of sp³-hybridized carbons (Fsp3) is 0.630. The normalized spacial score (nSPS) is 14.8. The highest BCUT2D eigenvalue weighted by Gasteiger charge is 2.35. The third-order valence-corrected chi connectivity index (χ3v) is 6.06. The molecule has 0 aromatic heterocycles. The average Bonchev–Trinajstić information content (AvgIpc) is 2.80. The number of carbonyl (C=O) groups excluding carboxylic acids is 3. The molecule has 0 N–H and O–H groups in total. The van der Waals surface area contributed by atoms with Crippen LogP contribution in [0.15, 0.2) is 23.2 Å². The number of urea groups is 1. The average molecular weight is 678 g/mol. The first-order chi connectivity index (χ1) is 18.5. The number of aliphatic imine (C=N–C) groups is 1. The molecule has 0 aliphatic carbocycles. The summed E-state index contributed by atoms with van der Waals surface area (Å²) in [7, 11) is 3.20. The molecule has 0 spiro atoms. The summed E-state index contributed by atoms with van der Waals surface area (Å²) < 4.78 is 32.2. The SMILES string of the molecule is CN1CN(C(=NC(=O)OC(C)(C)C)N(CCc2ccc(OCCCI)c(F)c2)C(=O)OC(C)(C)C)CN(C)C1=O. The largest absolute Gasteiger partial charge is 0.490 e. The van der Waals surface area contributed by atoms with Crippen molar-refractivity contribution in [2.75, 3.05) is 45.0 Å². The molecule has 2 rings (SSSR count). The maximum atomic E-state index is 14.7. The van der Waals surface area contributed by atoms with Crippen LogP contribution in [0.2, 0.25) is 0 Å². The Labute approximate surface area is 249 Å². The van der Waals surface area contributed by atoms with Crippen molar-refractivity contribution in [3.63, 3.8) is 0 Å². The van der Waals surface area contributed by atoms with Crippen LogP contribution < -0.4 is 4.74 Å². The predicted octanol–water partition coefficient (Wildman–Crippen LogP) is 5.31. The number of benzene rings is 1. The van der Waals surface area contributed by atoms with Crippen molar-refractivity contribution < 1.29 is 33.0 Å². The molecule has 0 unspecified atom stereocenters. The first kappa shape index (κ1) is 33.4. The second-order valence-corrected chi connectivity index (χ2v) is 12.5. The molecule has 4 amide bonds. The monoisotopic (exact) mass is 677 g/mol. The van der Waals surface area contributed by atoms with Gasteiger partial charge in [-0.15, -0.1) is 4.99 Å². The van der Waals surface area contributed by atoms with Gasteiger partial charge in [-0.25, -0.2) is 23.7 Å². The molecule has 0 bridgehead atoms. The molecule has 40 heavy (non-hydrogen) atoms. The number of hydrogen-bond donors (Lipinski definition) is 0. The van der Waals surface area contributed by atoms with E-state index in [0.29, 0.717) is 12.2 Å². The third kappa shape index (κ3) is 10.6. The Morgan fingerprint density at radius 2 is 1.65 bits per heavy atom. The van der Waals surface area contributed by atoms with Crippen LogP contribution in [0, 0.1) is 5.82 Å². The molecule has 13 heteroatoms. The zero-order valence-corrected chi connectivity index (χ0v) is 26.8. The van der Waals surface area contributed by atoms with Crippen molar-refractivity contribution in [1.82, 2.24) is 19.6 Å². The molecular weight excluding hydrogens is 636 g/mol. The van der Waals surface area contributed by atoms with Gasteiger partial charge in [0.05, 0.1) is 19.9 Å². The van der Waals surface area contributed by atoms with E-state index in [9.17, 15) is 18.8 Å². The molecule has 1 saturated heterocycles. The fourth-order valence-corrected chi connectivity index (χ4v) is 3.96. The standard InChI is InChI=1S/C27H41FIN5O6/c1-26(2,3)39-23(35)30-22(33-17-31(7)24(36)32(8)18-33)34(25(37)40-27(4,5)6)14-12-19-10-11-21(20(28)16-19)38-15-9-13-29/h10-11,16H,9,12-15,17-18H2,1-8H3. The predicted molar refractivity (Wildman–Crippen MR) is 158 cm³/mol. The number of guanidine groups is 1. The molecule has 1 aliphatic rings. The van der Waals surface area contributed by atoms with Crippen molar-refractivity contribution in [2.45, 2.75) is 65.6 Å². The van der Waals surface area contributed by atoms with E-state index < -0.39 is 29.2 Å². The van der Waals surface area contributed by atoms with Gasteiger partial charge in [-0.2, -0.15) is 0 Å². The van der Waals surface area contributed by atoms with E-state index in [1.165, 1.54) is 20.8 Å². The Morgan fingerprint density at radius 1 is 1.05 bits per heavy atom. The summed E-state index contributed by atoms with van der Waals surface area (Å²) in [6.45, 7) is 10.8. The van der Waals surface area contributed by atoms with Crippen LogP contribution in [-0.4, -0.2) is 100.0 Å². The van der Waals surface area contributed by atoms with Crippen LogP contribution in [0.5, 0.6) is 5.75 Å². The highest BCUT2D eigenvalue weighted by molar-refractivity contribution is 14.1. The van der Waals surface area contributed by atoms with Gasteiger partial charge in [0.25, 0.3) is 0 Å². The number of alkyl halides is 1. The summed E-state index contributed by atoms with van der Waals surface area (Å²) in [5.41, 5.74) is -1.07. The Hall–Kier alpha value is -2.84. The van der Waals surface area contributed by atoms with Gasteiger partial charge in [-0.05, 0) is 72.1 Å². The lowest BCUT2D eigenvalue weighted by atomic mass is 10.1. The zero-order chi connectivity index (χ0) is 30.3. The molecule has 11 nitrogen and oxygen atoms in total. The molecule has 1 heterocycles. The number of halogens is 2. The number of hydrogen-bond acceptors (Lipinski definition) is 6. The van der Waals surface area contributed by atoms with Gasteiger partial charge < -0.3 is 28.9 Å². The van der Waals surface area contributed by atoms with Gasteiger partial charge in [0, 0.05) is 25.1 Å². The summed E-state index contributed by atoms with van der Waals surface area (Å²) in [6.07, 6.45) is -0.636. The first-order valence-electron chi connectivity index (χ1n) is 13.0. The maximum Gasteiger partial charge on any atom is 0.437 e. The molecule has 0 atom stereocenters. The Kier molecular flexibility index (Phi) is 11.8. The number of rotatable bonds is 7. The Morgan fingerprint density at radius 3 is 2.17 bits per heavy atom. The van der Waals surface area contributed by atoms with E-state index in [-0.39, 0.29) is 44.0 Å². The first-order valence-corrected chi connectivity index (χ1v) is 14.5. The minimum Gasteiger partial charge on any atom is -0.490 e. The highest BCUT2D eigenvalue weighted by atomic mass is 127. The lowest BCUT2D eigenvalue weighted by Crippen LogP contribution is -2.61. The summed E-state index contributed by atoms with van der Waals surface area (Å²) in [5.74, 6) is -0.391. The van der Waals surface area contributed by atoms with E-state index in [2.05, 4.69) is 27.6 Å². The number of carbonyl (C=O) groups is 3. The number of ether oxygens (including phenoxy) is 3. The van der Waals surface area contributed by atoms with Gasteiger partial charge in [0.15, 0.2) is 11.6 Å². The quantitative estimate of drug-likeness (QED) is 0.127. The maximum absolute atomic E-state index is 14.7. The molecule has 1 aromatic carbocycles. The van der Waals surface area contributed by atoms with Crippen molar-refractivity contribution in [3.8, 4) is 5.75 Å². The van der Waals surface area contributed by atoms with Crippen LogP contribution in [-0.2, 0) is 15.9 Å². The van der Waals surface area contributed by atoms with E-state index >= 15 is 0 Å². The lowest BCUT2D eigenvalue weighted by Gasteiger charge is -2.42. The van der Waals surface area contributed by atoms with E-state index in [4.69, 9.17) is 14.2 Å². The van der Waals surface area contributed by atoms with E-state index in [1.54, 1.807) is 72.7 Å². The smallest absolute Gasteiger partial charge is 0.437 e. The molecular formula is C27H41FIN5O6. The highest BCUT2D eigenvalue weighted by Crippen LogP contribution is 2.21. The second-order valence-electron chi connectivity index (χ2n) is 11.4. The van der Waals surface area contributed by atoms with Gasteiger partial charge in [-0.3, -0.25) is 0 Å². The van der Waals surface area contributed by atoms with Crippen LogP contribution in [0.3, 0.4) is 0 Å². The van der Waals surface area contributed by atoms with Crippen LogP contribution in [0.25, 0.3) is 0 Å². The van der Waals surface area contributed by atoms with Gasteiger partial charge in [0.2, 0.25) is 5.96 Å². The van der Waals surface area contributed by atoms with Crippen molar-refractivity contribution >= 4 is 46.8 Å². The topological polar surface area (TPSA) is 104 Å². The minimum atomic E-state index is -0.905. The number of amides is 4. The Bertz CT molecular complexity index is 1070. The summed E-state index contributed by atoms with van der Waals surface area (Å²) in [5, 5.41) is 0. The van der Waals surface area contributed by atoms with Crippen molar-refractivity contribution in [3.05, 3.63) is 29.6 Å². The minimum absolute atomic E-state index is 0.00288. The van der Waals surface area contributed by atoms with Gasteiger partial charge in [0.1, 0.15) is 11.2 Å². The summed E-state index contributed by atoms with van der Waals surface area (Å²) >= 11 is 2.23. The van der Waals surface area contributed by atoms with Crippen molar-refractivity contribution in [2.24, 2.45) is 4.99 Å². The summed E-state index contributed by atoms with van der Waals surface area (Å²) in [6, 6.07) is 4.42. The molecule has 0 saturated carbocycles. The molecule has 224 valence electrons. The third-order valence-electron chi connectivity index (χ3n) is 5.30. The molecule has 1 aromatic rings.